The molecule has 2 aromatic rings. The van der Waals surface area contributed by atoms with Crippen LogP contribution in [0.4, 0.5) is 4.39 Å². The quantitative estimate of drug-likeness (QED) is 0.709. The zero-order valence-electron chi connectivity index (χ0n) is 9.20. The lowest BCUT2D eigenvalue weighted by atomic mass is 10.1. The first-order valence-electron chi connectivity index (χ1n) is 5.01. The molecule has 2 rings (SSSR count). The van der Waals surface area contributed by atoms with Gasteiger partial charge in [0.1, 0.15) is 5.82 Å². The molecule has 0 radical (unpaired) electrons. The Morgan fingerprint density at radius 2 is 1.88 bits per heavy atom. The maximum atomic E-state index is 12.8. The van der Waals surface area contributed by atoms with Crippen LogP contribution in [0, 0.1) is 12.7 Å². The molecule has 1 aromatic carbocycles. The fourth-order valence-electron chi connectivity index (χ4n) is 1.75. The molecule has 0 spiro atoms. The van der Waals surface area contributed by atoms with Crippen molar-refractivity contribution in [3.8, 4) is 11.1 Å². The SMILES string of the molecule is Cc1cc(-c2ccc(F)cc2)c(C=O)n1C. The van der Waals surface area contributed by atoms with Gasteiger partial charge in [-0.05, 0) is 30.7 Å². The van der Waals surface area contributed by atoms with E-state index in [2.05, 4.69) is 0 Å². The monoisotopic (exact) mass is 217 g/mol. The summed E-state index contributed by atoms with van der Waals surface area (Å²) in [5.41, 5.74) is 3.31. The van der Waals surface area contributed by atoms with Gasteiger partial charge in [0.2, 0.25) is 0 Å². The number of nitrogens with zero attached hydrogens (tertiary/aromatic N) is 1. The Morgan fingerprint density at radius 3 is 2.44 bits per heavy atom. The standard InChI is InChI=1S/C13H12FNO/c1-9-7-12(13(8-16)15(9)2)10-3-5-11(14)6-4-10/h3-8H,1-2H3. The number of benzene rings is 1. The Kier molecular flexibility index (Phi) is 2.60. The van der Waals surface area contributed by atoms with E-state index in [1.807, 2.05) is 24.6 Å². The highest BCUT2D eigenvalue weighted by Crippen LogP contribution is 2.25. The molecule has 0 atom stereocenters. The first kappa shape index (κ1) is 10.6. The van der Waals surface area contributed by atoms with E-state index in [1.54, 1.807) is 12.1 Å². The van der Waals surface area contributed by atoms with Crippen LogP contribution in [-0.4, -0.2) is 10.9 Å². The Labute approximate surface area is 93.3 Å². The summed E-state index contributed by atoms with van der Waals surface area (Å²) in [5.74, 6) is -0.274. The highest BCUT2D eigenvalue weighted by atomic mass is 19.1. The number of carbonyl (C=O) groups is 1. The van der Waals surface area contributed by atoms with Crippen molar-refractivity contribution in [2.75, 3.05) is 0 Å². The van der Waals surface area contributed by atoms with Gasteiger partial charge in [0.25, 0.3) is 0 Å². The van der Waals surface area contributed by atoms with E-state index in [4.69, 9.17) is 0 Å². The van der Waals surface area contributed by atoms with Crippen molar-refractivity contribution in [3.63, 3.8) is 0 Å². The molecule has 0 bridgehead atoms. The van der Waals surface area contributed by atoms with Crippen molar-refractivity contribution in [2.24, 2.45) is 7.05 Å². The molecule has 0 aliphatic carbocycles. The molecule has 0 saturated heterocycles. The minimum absolute atomic E-state index is 0.274. The lowest BCUT2D eigenvalue weighted by Crippen LogP contribution is -1.97. The molecular formula is C13H12FNO. The molecule has 0 aliphatic rings. The number of hydrogen-bond acceptors (Lipinski definition) is 1. The summed E-state index contributed by atoms with van der Waals surface area (Å²) in [6.07, 6.45) is 0.825. The van der Waals surface area contributed by atoms with Gasteiger partial charge in [-0.15, -0.1) is 0 Å². The Hall–Kier alpha value is -1.90. The second-order valence-electron chi connectivity index (χ2n) is 3.77. The zero-order chi connectivity index (χ0) is 11.7. The van der Waals surface area contributed by atoms with E-state index in [-0.39, 0.29) is 5.82 Å². The Morgan fingerprint density at radius 1 is 1.25 bits per heavy atom. The van der Waals surface area contributed by atoms with E-state index >= 15 is 0 Å². The Balaban J connectivity index is 2.59. The van der Waals surface area contributed by atoms with Crippen molar-refractivity contribution in [3.05, 3.63) is 47.5 Å². The molecule has 0 N–H and O–H groups in total. The molecule has 3 heteroatoms. The maximum absolute atomic E-state index is 12.8. The molecule has 1 aromatic heterocycles. The third kappa shape index (κ3) is 1.65. The van der Waals surface area contributed by atoms with Crippen LogP contribution in [0.25, 0.3) is 11.1 Å². The topological polar surface area (TPSA) is 22.0 Å². The number of rotatable bonds is 2. The summed E-state index contributed by atoms with van der Waals surface area (Å²) in [6.45, 7) is 1.93. The number of hydrogen-bond donors (Lipinski definition) is 0. The average molecular weight is 217 g/mol. The molecule has 16 heavy (non-hydrogen) atoms. The molecule has 1 heterocycles. The molecule has 0 unspecified atom stereocenters. The summed E-state index contributed by atoms with van der Waals surface area (Å²) in [4.78, 5) is 11.0. The summed E-state index contributed by atoms with van der Waals surface area (Å²) in [7, 11) is 1.84. The average Bonchev–Trinajstić information content (AvgIpc) is 2.56. The van der Waals surface area contributed by atoms with Crippen molar-refractivity contribution in [1.29, 1.82) is 0 Å². The first-order chi connectivity index (χ1) is 7.63. The van der Waals surface area contributed by atoms with Crippen molar-refractivity contribution >= 4 is 6.29 Å². The third-order valence-corrected chi connectivity index (χ3v) is 2.79. The molecule has 0 amide bonds. The third-order valence-electron chi connectivity index (χ3n) is 2.79. The van der Waals surface area contributed by atoms with E-state index in [9.17, 15) is 9.18 Å². The molecule has 0 saturated carbocycles. The fourth-order valence-corrected chi connectivity index (χ4v) is 1.75. The van der Waals surface area contributed by atoms with Crippen LogP contribution in [0.15, 0.2) is 30.3 Å². The predicted molar refractivity (Wildman–Crippen MR) is 60.9 cm³/mol. The lowest BCUT2D eigenvalue weighted by Gasteiger charge is -2.01. The minimum Gasteiger partial charge on any atom is -0.345 e. The number of carbonyl (C=O) groups excluding carboxylic acids is 1. The van der Waals surface area contributed by atoms with Crippen LogP contribution in [-0.2, 0) is 7.05 Å². The number of halogens is 1. The van der Waals surface area contributed by atoms with Gasteiger partial charge in [0, 0.05) is 18.3 Å². The summed E-state index contributed by atoms with van der Waals surface area (Å²) in [5, 5.41) is 0. The van der Waals surface area contributed by atoms with Crippen molar-refractivity contribution in [1.82, 2.24) is 4.57 Å². The normalized spacial score (nSPS) is 10.4. The van der Waals surface area contributed by atoms with E-state index < -0.39 is 0 Å². The second kappa shape index (κ2) is 3.93. The van der Waals surface area contributed by atoms with Gasteiger partial charge in [-0.1, -0.05) is 12.1 Å². The van der Waals surface area contributed by atoms with Gasteiger partial charge in [0.15, 0.2) is 6.29 Å². The van der Waals surface area contributed by atoms with Gasteiger partial charge in [-0.25, -0.2) is 4.39 Å². The molecule has 0 fully saturated rings. The van der Waals surface area contributed by atoms with Gasteiger partial charge >= 0.3 is 0 Å². The zero-order valence-corrected chi connectivity index (χ0v) is 9.20. The van der Waals surface area contributed by atoms with Crippen molar-refractivity contribution in [2.45, 2.75) is 6.92 Å². The molecular weight excluding hydrogens is 205 g/mol. The van der Waals surface area contributed by atoms with Gasteiger partial charge in [0.05, 0.1) is 5.69 Å². The van der Waals surface area contributed by atoms with Gasteiger partial charge < -0.3 is 4.57 Å². The number of aromatic nitrogens is 1. The first-order valence-corrected chi connectivity index (χ1v) is 5.01. The van der Waals surface area contributed by atoms with Crippen molar-refractivity contribution < 1.29 is 9.18 Å². The predicted octanol–water partition coefficient (Wildman–Crippen LogP) is 2.95. The molecule has 2 nitrogen and oxygen atoms in total. The molecule has 0 aliphatic heterocycles. The van der Waals surface area contributed by atoms with E-state index in [0.29, 0.717) is 5.69 Å². The van der Waals surface area contributed by atoms with Crippen LogP contribution in [0.1, 0.15) is 16.2 Å². The fraction of sp³-hybridized carbons (Fsp3) is 0.154. The second-order valence-corrected chi connectivity index (χ2v) is 3.77. The van der Waals surface area contributed by atoms with Gasteiger partial charge in [-0.3, -0.25) is 4.79 Å². The summed E-state index contributed by atoms with van der Waals surface area (Å²) >= 11 is 0. The lowest BCUT2D eigenvalue weighted by molar-refractivity contribution is 0.111. The van der Waals surface area contributed by atoms with Crippen LogP contribution in [0.5, 0.6) is 0 Å². The van der Waals surface area contributed by atoms with Crippen LogP contribution in [0.3, 0.4) is 0 Å². The van der Waals surface area contributed by atoms with E-state index in [1.165, 1.54) is 12.1 Å². The smallest absolute Gasteiger partial charge is 0.167 e. The van der Waals surface area contributed by atoms with Gasteiger partial charge in [-0.2, -0.15) is 0 Å². The van der Waals surface area contributed by atoms with E-state index in [0.717, 1.165) is 23.1 Å². The highest BCUT2D eigenvalue weighted by Gasteiger charge is 2.10. The van der Waals surface area contributed by atoms with Crippen LogP contribution in [0.2, 0.25) is 0 Å². The van der Waals surface area contributed by atoms with Crippen LogP contribution >= 0.6 is 0 Å². The Bertz CT molecular complexity index is 526. The van der Waals surface area contributed by atoms with Crippen LogP contribution < -0.4 is 0 Å². The number of aldehydes is 1. The summed E-state index contributed by atoms with van der Waals surface area (Å²) in [6, 6.07) is 8.07. The number of aryl methyl sites for hydroxylation is 1. The maximum Gasteiger partial charge on any atom is 0.167 e. The molecule has 82 valence electrons. The largest absolute Gasteiger partial charge is 0.345 e. The summed E-state index contributed by atoms with van der Waals surface area (Å²) < 4.78 is 14.6. The highest BCUT2D eigenvalue weighted by molar-refractivity contribution is 5.86. The minimum atomic E-state index is -0.274.